The maximum atomic E-state index is 12.3. The monoisotopic (exact) mass is 354 g/mol. The number of carbonyl (C=O) groups excluding carboxylic acids is 1. The molecule has 1 aliphatic carbocycles. The van der Waals surface area contributed by atoms with E-state index in [-0.39, 0.29) is 12.5 Å². The summed E-state index contributed by atoms with van der Waals surface area (Å²) in [6.45, 7) is 0.604. The molecule has 5 nitrogen and oxygen atoms in total. The first kappa shape index (κ1) is 18.4. The predicted molar refractivity (Wildman–Crippen MR) is 101 cm³/mol. The topological polar surface area (TPSA) is 84.6 Å². The normalized spacial score (nSPS) is 16.8. The zero-order valence-corrected chi connectivity index (χ0v) is 14.9. The molecule has 1 unspecified atom stereocenters. The van der Waals surface area contributed by atoms with Gasteiger partial charge in [-0.25, -0.2) is 0 Å². The van der Waals surface area contributed by atoms with Crippen LogP contribution in [-0.2, 0) is 11.4 Å². The van der Waals surface area contributed by atoms with Gasteiger partial charge in [0.25, 0.3) is 0 Å². The first-order chi connectivity index (χ1) is 12.6. The van der Waals surface area contributed by atoms with E-state index in [1.165, 1.54) is 0 Å². The number of ether oxygens (including phenoxy) is 1. The molecule has 0 heterocycles. The number of aliphatic hydroxyl groups is 1. The van der Waals surface area contributed by atoms with Crippen molar-refractivity contribution < 1.29 is 14.6 Å². The lowest BCUT2D eigenvalue weighted by Crippen LogP contribution is -2.52. The number of hydrogen-bond acceptors (Lipinski definition) is 4. The van der Waals surface area contributed by atoms with Crippen molar-refractivity contribution in [3.8, 4) is 5.75 Å². The molecule has 0 saturated heterocycles. The quantitative estimate of drug-likeness (QED) is 0.714. The fourth-order valence-corrected chi connectivity index (χ4v) is 3.27. The molecule has 26 heavy (non-hydrogen) atoms. The van der Waals surface area contributed by atoms with Crippen molar-refractivity contribution in [1.29, 1.82) is 0 Å². The van der Waals surface area contributed by atoms with Gasteiger partial charge in [0, 0.05) is 6.54 Å². The van der Waals surface area contributed by atoms with E-state index in [0.29, 0.717) is 30.8 Å². The van der Waals surface area contributed by atoms with Gasteiger partial charge in [0.2, 0.25) is 5.91 Å². The first-order valence-corrected chi connectivity index (χ1v) is 9.09. The van der Waals surface area contributed by atoms with Crippen LogP contribution in [0.2, 0.25) is 0 Å². The number of carbonyl (C=O) groups is 1. The molecule has 4 N–H and O–H groups in total. The summed E-state index contributed by atoms with van der Waals surface area (Å²) in [4.78, 5) is 12.3. The van der Waals surface area contributed by atoms with E-state index in [1.54, 1.807) is 6.07 Å². The van der Waals surface area contributed by atoms with Crippen molar-refractivity contribution in [2.24, 2.45) is 5.73 Å². The van der Waals surface area contributed by atoms with Crippen molar-refractivity contribution in [3.05, 3.63) is 65.7 Å². The summed E-state index contributed by atoms with van der Waals surface area (Å²) >= 11 is 0. The minimum absolute atomic E-state index is 0.139. The molecule has 0 spiro atoms. The summed E-state index contributed by atoms with van der Waals surface area (Å²) in [6, 6.07) is 17.2. The molecule has 0 bridgehead atoms. The van der Waals surface area contributed by atoms with Gasteiger partial charge in [0.05, 0.1) is 11.6 Å². The summed E-state index contributed by atoms with van der Waals surface area (Å²) < 4.78 is 5.79. The van der Waals surface area contributed by atoms with Gasteiger partial charge in [-0.05, 0) is 36.1 Å². The summed E-state index contributed by atoms with van der Waals surface area (Å²) in [5.41, 5.74) is 7.14. The molecule has 1 fully saturated rings. The standard InChI is InChI=1S/C21H26N2O3/c22-21(11-4-5-12-21)20(25)23-14-19(24)17-9-6-10-18(13-17)26-15-16-7-2-1-3-8-16/h1-3,6-10,13,19,24H,4-5,11-12,14-15,22H2,(H,23,25). The Labute approximate surface area is 154 Å². The van der Waals surface area contributed by atoms with Crippen LogP contribution in [0, 0.1) is 0 Å². The third kappa shape index (κ3) is 4.62. The molecule has 1 saturated carbocycles. The minimum atomic E-state index is -0.802. The highest BCUT2D eigenvalue weighted by atomic mass is 16.5. The Hall–Kier alpha value is -2.37. The number of hydrogen-bond donors (Lipinski definition) is 3. The van der Waals surface area contributed by atoms with Crippen molar-refractivity contribution >= 4 is 5.91 Å². The van der Waals surface area contributed by atoms with Crippen LogP contribution in [0.3, 0.4) is 0 Å². The van der Waals surface area contributed by atoms with Crippen molar-refractivity contribution in [3.63, 3.8) is 0 Å². The molecular weight excluding hydrogens is 328 g/mol. The fourth-order valence-electron chi connectivity index (χ4n) is 3.27. The molecule has 0 aromatic heterocycles. The molecule has 1 amide bonds. The molecule has 0 radical (unpaired) electrons. The van der Waals surface area contributed by atoms with Crippen LogP contribution in [0.4, 0.5) is 0 Å². The van der Waals surface area contributed by atoms with E-state index in [2.05, 4.69) is 5.32 Å². The zero-order valence-electron chi connectivity index (χ0n) is 14.9. The van der Waals surface area contributed by atoms with E-state index in [9.17, 15) is 9.90 Å². The second-order valence-corrected chi connectivity index (χ2v) is 6.94. The summed E-state index contributed by atoms with van der Waals surface area (Å²) in [5, 5.41) is 13.2. The molecule has 5 heteroatoms. The van der Waals surface area contributed by atoms with Crippen LogP contribution in [0.15, 0.2) is 54.6 Å². The van der Waals surface area contributed by atoms with Gasteiger partial charge in [-0.15, -0.1) is 0 Å². The van der Waals surface area contributed by atoms with Crippen LogP contribution in [0.25, 0.3) is 0 Å². The summed E-state index contributed by atoms with van der Waals surface area (Å²) in [6.07, 6.45) is 2.57. The lowest BCUT2D eigenvalue weighted by atomic mass is 9.98. The van der Waals surface area contributed by atoms with E-state index in [0.717, 1.165) is 18.4 Å². The Morgan fingerprint density at radius 3 is 2.62 bits per heavy atom. The van der Waals surface area contributed by atoms with E-state index in [1.807, 2.05) is 48.5 Å². The number of aliphatic hydroxyl groups excluding tert-OH is 1. The second kappa shape index (κ2) is 8.34. The van der Waals surface area contributed by atoms with Crippen LogP contribution in [0.1, 0.15) is 42.9 Å². The average molecular weight is 354 g/mol. The lowest BCUT2D eigenvalue weighted by molar-refractivity contribution is -0.126. The summed E-state index contributed by atoms with van der Waals surface area (Å²) in [7, 11) is 0. The van der Waals surface area contributed by atoms with Gasteiger partial charge in [-0.2, -0.15) is 0 Å². The van der Waals surface area contributed by atoms with Crippen molar-refractivity contribution in [2.45, 2.75) is 43.9 Å². The maximum absolute atomic E-state index is 12.3. The number of benzene rings is 2. The first-order valence-electron chi connectivity index (χ1n) is 9.09. The van der Waals surface area contributed by atoms with Gasteiger partial charge < -0.3 is 20.9 Å². The summed E-state index contributed by atoms with van der Waals surface area (Å²) in [5.74, 6) is 0.508. The predicted octanol–water partition coefficient (Wildman–Crippen LogP) is 2.69. The molecule has 138 valence electrons. The molecule has 1 atom stereocenters. The Balaban J connectivity index is 1.54. The highest BCUT2D eigenvalue weighted by Crippen LogP contribution is 2.27. The van der Waals surface area contributed by atoms with Crippen LogP contribution < -0.4 is 15.8 Å². The van der Waals surface area contributed by atoms with Gasteiger partial charge >= 0.3 is 0 Å². The molecule has 2 aromatic carbocycles. The van der Waals surface area contributed by atoms with Gasteiger partial charge in [0.15, 0.2) is 0 Å². The van der Waals surface area contributed by atoms with Gasteiger partial charge in [-0.1, -0.05) is 55.3 Å². The fraction of sp³-hybridized carbons (Fsp3) is 0.381. The maximum Gasteiger partial charge on any atom is 0.240 e. The Morgan fingerprint density at radius 1 is 1.15 bits per heavy atom. The molecular formula is C21H26N2O3. The van der Waals surface area contributed by atoms with E-state index >= 15 is 0 Å². The van der Waals surface area contributed by atoms with Crippen LogP contribution in [-0.4, -0.2) is 23.1 Å². The van der Waals surface area contributed by atoms with Gasteiger partial charge in [-0.3, -0.25) is 4.79 Å². The zero-order chi connectivity index (χ0) is 18.4. The molecule has 2 aromatic rings. The smallest absolute Gasteiger partial charge is 0.240 e. The van der Waals surface area contributed by atoms with Crippen LogP contribution in [0.5, 0.6) is 5.75 Å². The highest BCUT2D eigenvalue weighted by molar-refractivity contribution is 5.86. The third-order valence-electron chi connectivity index (χ3n) is 4.90. The molecule has 0 aliphatic heterocycles. The number of amides is 1. The third-order valence-corrected chi connectivity index (χ3v) is 4.90. The van der Waals surface area contributed by atoms with Gasteiger partial charge in [0.1, 0.15) is 12.4 Å². The SMILES string of the molecule is NC1(C(=O)NCC(O)c2cccc(OCc3ccccc3)c2)CCCC1. The second-order valence-electron chi connectivity index (χ2n) is 6.94. The Kier molecular flexibility index (Phi) is 5.91. The number of nitrogens with two attached hydrogens (primary N) is 1. The Bertz CT molecular complexity index is 727. The number of rotatable bonds is 7. The van der Waals surface area contributed by atoms with E-state index in [4.69, 9.17) is 10.5 Å². The largest absolute Gasteiger partial charge is 0.489 e. The number of nitrogens with one attached hydrogen (secondary N) is 1. The van der Waals surface area contributed by atoms with Crippen molar-refractivity contribution in [2.75, 3.05) is 6.54 Å². The molecule has 3 rings (SSSR count). The van der Waals surface area contributed by atoms with E-state index < -0.39 is 11.6 Å². The minimum Gasteiger partial charge on any atom is -0.489 e. The van der Waals surface area contributed by atoms with Crippen molar-refractivity contribution in [1.82, 2.24) is 5.32 Å². The van der Waals surface area contributed by atoms with Crippen LogP contribution >= 0.6 is 0 Å². The highest BCUT2D eigenvalue weighted by Gasteiger charge is 2.36. The molecule has 1 aliphatic rings. The lowest BCUT2D eigenvalue weighted by Gasteiger charge is -2.23. The average Bonchev–Trinajstić information content (AvgIpc) is 3.13. The Morgan fingerprint density at radius 2 is 1.88 bits per heavy atom.